The molecule has 20 heavy (non-hydrogen) atoms. The largest absolute Gasteiger partial charge is 0.320 e. The average Bonchev–Trinajstić information content (AvgIpc) is 2.47. The van der Waals surface area contributed by atoms with E-state index in [0.29, 0.717) is 0 Å². The number of hydrogen-bond donors (Lipinski definition) is 1. The Bertz CT molecular complexity index is 186. The second-order valence-corrected chi connectivity index (χ2v) is 6.04. The first-order valence-corrected chi connectivity index (χ1v) is 9.21. The summed E-state index contributed by atoms with van der Waals surface area (Å²) in [6.45, 7) is 3.46. The molecule has 0 aromatic heterocycles. The summed E-state index contributed by atoms with van der Waals surface area (Å²) in [6, 6.07) is 0. The first-order chi connectivity index (χ1) is 9.91. The Morgan fingerprint density at radius 1 is 0.600 bits per heavy atom. The molecule has 0 bridgehead atoms. The van der Waals surface area contributed by atoms with Crippen molar-refractivity contribution < 1.29 is 0 Å². The van der Waals surface area contributed by atoms with Gasteiger partial charge in [-0.25, -0.2) is 0 Å². The number of nitrogens with one attached hydrogen (secondary N) is 1. The molecule has 0 unspecified atom stereocenters. The van der Waals surface area contributed by atoms with E-state index in [-0.39, 0.29) is 0 Å². The summed E-state index contributed by atoms with van der Waals surface area (Å²) < 4.78 is 0. The molecule has 120 valence electrons. The highest BCUT2D eigenvalue weighted by Crippen LogP contribution is 2.09. The molecule has 1 nitrogen and oxygen atoms in total. The molecular formula is C19H39N. The fourth-order valence-electron chi connectivity index (χ4n) is 2.55. The molecule has 0 aliphatic heterocycles. The molecule has 0 aromatic rings. The van der Waals surface area contributed by atoms with E-state index < -0.39 is 0 Å². The normalized spacial score (nSPS) is 11.5. The maximum atomic E-state index is 3.21. The lowest BCUT2D eigenvalue weighted by Crippen LogP contribution is -2.06. The van der Waals surface area contributed by atoms with Crippen LogP contribution in [0.3, 0.4) is 0 Å². The third-order valence-corrected chi connectivity index (χ3v) is 3.94. The van der Waals surface area contributed by atoms with Gasteiger partial charge < -0.3 is 5.32 Å². The van der Waals surface area contributed by atoms with Crippen LogP contribution in [0.4, 0.5) is 0 Å². The smallest absolute Gasteiger partial charge is 0.00519 e. The lowest BCUT2D eigenvalue weighted by Gasteiger charge is -2.00. The van der Waals surface area contributed by atoms with Crippen molar-refractivity contribution in [1.82, 2.24) is 5.32 Å². The molecule has 0 spiro atoms. The quantitative estimate of drug-likeness (QED) is 0.261. The maximum absolute atomic E-state index is 3.21. The van der Waals surface area contributed by atoms with E-state index in [1.54, 1.807) is 0 Å². The summed E-state index contributed by atoms with van der Waals surface area (Å²) in [5.74, 6) is 0. The van der Waals surface area contributed by atoms with Gasteiger partial charge in [0.1, 0.15) is 0 Å². The van der Waals surface area contributed by atoms with E-state index in [0.717, 1.165) is 0 Å². The van der Waals surface area contributed by atoms with Gasteiger partial charge in [-0.2, -0.15) is 0 Å². The van der Waals surface area contributed by atoms with Gasteiger partial charge in [0, 0.05) is 0 Å². The molecule has 0 radical (unpaired) electrons. The minimum atomic E-state index is 1.18. The van der Waals surface area contributed by atoms with E-state index in [9.17, 15) is 0 Å². The Kier molecular flexibility index (Phi) is 18.4. The van der Waals surface area contributed by atoms with Gasteiger partial charge in [-0.3, -0.25) is 0 Å². The van der Waals surface area contributed by atoms with Crippen LogP contribution < -0.4 is 5.32 Å². The van der Waals surface area contributed by atoms with Crippen molar-refractivity contribution in [2.75, 3.05) is 13.6 Å². The van der Waals surface area contributed by atoms with Gasteiger partial charge >= 0.3 is 0 Å². The van der Waals surface area contributed by atoms with E-state index in [4.69, 9.17) is 0 Å². The van der Waals surface area contributed by atoms with Crippen LogP contribution in [0.2, 0.25) is 0 Å². The third kappa shape index (κ3) is 17.7. The molecule has 0 aliphatic carbocycles. The summed E-state index contributed by atoms with van der Waals surface area (Å²) in [5, 5.41) is 3.21. The average molecular weight is 282 g/mol. The molecule has 0 saturated heterocycles. The number of unbranched alkanes of at least 4 members (excludes halogenated alkanes) is 12. The minimum Gasteiger partial charge on any atom is -0.320 e. The molecule has 0 fully saturated rings. The Hall–Kier alpha value is -0.300. The molecular weight excluding hydrogens is 242 g/mol. The van der Waals surface area contributed by atoms with Crippen molar-refractivity contribution in [2.24, 2.45) is 0 Å². The van der Waals surface area contributed by atoms with Crippen LogP contribution in [0, 0.1) is 0 Å². The van der Waals surface area contributed by atoms with E-state index in [2.05, 4.69) is 24.4 Å². The fraction of sp³-hybridized carbons (Fsp3) is 0.895. The molecule has 0 atom stereocenters. The van der Waals surface area contributed by atoms with Crippen molar-refractivity contribution in [3.05, 3.63) is 12.2 Å². The molecule has 0 heterocycles. The van der Waals surface area contributed by atoms with Crippen LogP contribution in [0.25, 0.3) is 0 Å². The van der Waals surface area contributed by atoms with Gasteiger partial charge in [0.25, 0.3) is 0 Å². The second-order valence-electron chi connectivity index (χ2n) is 6.04. The van der Waals surface area contributed by atoms with Gasteiger partial charge in [-0.05, 0) is 45.7 Å². The van der Waals surface area contributed by atoms with E-state index >= 15 is 0 Å². The summed E-state index contributed by atoms with van der Waals surface area (Å²) in [7, 11) is 2.04. The van der Waals surface area contributed by atoms with E-state index in [1.165, 1.54) is 96.4 Å². The van der Waals surface area contributed by atoms with Crippen LogP contribution in [-0.4, -0.2) is 13.6 Å². The van der Waals surface area contributed by atoms with Crippen LogP contribution >= 0.6 is 0 Å². The standard InChI is InChI=1S/C19H39N/c1-3-4-5-6-7-8-9-10-11-12-13-14-15-16-17-18-19-20-2/h10-11,20H,3-9,12-19H2,1-2H3. The fourth-order valence-corrected chi connectivity index (χ4v) is 2.55. The highest BCUT2D eigenvalue weighted by molar-refractivity contribution is 4.81. The van der Waals surface area contributed by atoms with Crippen molar-refractivity contribution in [1.29, 1.82) is 0 Å². The summed E-state index contributed by atoms with van der Waals surface area (Å²) >= 11 is 0. The van der Waals surface area contributed by atoms with Crippen LogP contribution in [0.15, 0.2) is 12.2 Å². The first-order valence-electron chi connectivity index (χ1n) is 9.21. The van der Waals surface area contributed by atoms with Crippen molar-refractivity contribution >= 4 is 0 Å². The molecule has 0 aliphatic rings. The first kappa shape index (κ1) is 19.7. The molecule has 0 aromatic carbocycles. The highest BCUT2D eigenvalue weighted by atomic mass is 14.8. The topological polar surface area (TPSA) is 12.0 Å². The Balaban J connectivity index is 3.01. The predicted molar refractivity (Wildman–Crippen MR) is 93.4 cm³/mol. The highest BCUT2D eigenvalue weighted by Gasteiger charge is 1.90. The van der Waals surface area contributed by atoms with Crippen LogP contribution in [-0.2, 0) is 0 Å². The molecule has 1 heteroatoms. The molecule has 0 rings (SSSR count). The van der Waals surface area contributed by atoms with E-state index in [1.807, 2.05) is 7.05 Å². The third-order valence-electron chi connectivity index (χ3n) is 3.94. The number of hydrogen-bond acceptors (Lipinski definition) is 1. The van der Waals surface area contributed by atoms with Gasteiger partial charge in [-0.1, -0.05) is 76.9 Å². The molecule has 1 N–H and O–H groups in total. The SMILES string of the molecule is CCCCCCCCC=CCCCCCCCCNC. The lowest BCUT2D eigenvalue weighted by molar-refractivity contribution is 0.583. The predicted octanol–water partition coefficient (Wildman–Crippen LogP) is 6.24. The van der Waals surface area contributed by atoms with Crippen molar-refractivity contribution in [3.63, 3.8) is 0 Å². The lowest BCUT2D eigenvalue weighted by atomic mass is 10.1. The minimum absolute atomic E-state index is 1.18. The van der Waals surface area contributed by atoms with Gasteiger partial charge in [0.05, 0.1) is 0 Å². The Morgan fingerprint density at radius 2 is 1.05 bits per heavy atom. The summed E-state index contributed by atoms with van der Waals surface area (Å²) in [4.78, 5) is 0. The van der Waals surface area contributed by atoms with Crippen LogP contribution in [0.5, 0.6) is 0 Å². The monoisotopic (exact) mass is 281 g/mol. The molecule has 0 amide bonds. The van der Waals surface area contributed by atoms with Crippen molar-refractivity contribution in [3.8, 4) is 0 Å². The second kappa shape index (κ2) is 18.7. The van der Waals surface area contributed by atoms with Gasteiger partial charge in [0.2, 0.25) is 0 Å². The van der Waals surface area contributed by atoms with Crippen LogP contribution in [0.1, 0.15) is 96.8 Å². The summed E-state index contributed by atoms with van der Waals surface area (Å²) in [6.07, 6.45) is 24.3. The molecule has 0 saturated carbocycles. The summed E-state index contributed by atoms with van der Waals surface area (Å²) in [5.41, 5.74) is 0. The maximum Gasteiger partial charge on any atom is -0.00519 e. The number of rotatable bonds is 16. The Labute approximate surface area is 128 Å². The van der Waals surface area contributed by atoms with Gasteiger partial charge in [0.15, 0.2) is 0 Å². The zero-order chi connectivity index (χ0) is 14.7. The zero-order valence-electron chi connectivity index (χ0n) is 14.3. The zero-order valence-corrected chi connectivity index (χ0v) is 14.3. The number of allylic oxidation sites excluding steroid dienone is 2. The van der Waals surface area contributed by atoms with Crippen molar-refractivity contribution in [2.45, 2.75) is 96.8 Å². The van der Waals surface area contributed by atoms with Gasteiger partial charge in [-0.15, -0.1) is 0 Å². The Morgan fingerprint density at radius 3 is 1.55 bits per heavy atom.